The minimum atomic E-state index is -0.968. The highest BCUT2D eigenvalue weighted by atomic mass is 35.5. The zero-order valence-electron chi connectivity index (χ0n) is 11.5. The Kier molecular flexibility index (Phi) is 6.52. The van der Waals surface area contributed by atoms with E-state index in [2.05, 4.69) is 0 Å². The standard InChI is InChI=1S/C15H18Cl2O3S/c16-15(17)20-11-8-4-5-9-12(11)21-13(14(18)19)10-6-2-1-3-7-10/h4-5,8-10,13,15H,1-3,6-7H2,(H,18,19). The van der Waals surface area contributed by atoms with Crippen LogP contribution >= 0.6 is 35.0 Å². The molecule has 0 amide bonds. The normalized spacial score (nSPS) is 17.7. The van der Waals surface area contributed by atoms with Crippen molar-refractivity contribution in [2.24, 2.45) is 5.92 Å². The average molecular weight is 349 g/mol. The zero-order chi connectivity index (χ0) is 15.2. The van der Waals surface area contributed by atoms with Crippen LogP contribution in [0.15, 0.2) is 29.2 Å². The number of thioether (sulfide) groups is 1. The van der Waals surface area contributed by atoms with Crippen molar-refractivity contribution in [3.05, 3.63) is 24.3 Å². The van der Waals surface area contributed by atoms with Gasteiger partial charge >= 0.3 is 5.97 Å². The Morgan fingerprint density at radius 2 is 1.90 bits per heavy atom. The molecule has 1 unspecified atom stereocenters. The van der Waals surface area contributed by atoms with Crippen LogP contribution in [0, 0.1) is 5.92 Å². The van der Waals surface area contributed by atoms with Crippen LogP contribution in [0.2, 0.25) is 0 Å². The summed E-state index contributed by atoms with van der Waals surface area (Å²) in [6.45, 7) is 0. The number of rotatable bonds is 6. The third-order valence-corrected chi connectivity index (χ3v) is 5.25. The summed E-state index contributed by atoms with van der Waals surface area (Å²) >= 11 is 12.6. The monoisotopic (exact) mass is 348 g/mol. The molecule has 0 heterocycles. The molecule has 1 aromatic rings. The molecule has 1 aromatic carbocycles. The van der Waals surface area contributed by atoms with Crippen molar-refractivity contribution >= 4 is 40.9 Å². The van der Waals surface area contributed by atoms with E-state index < -0.39 is 16.2 Å². The van der Waals surface area contributed by atoms with Crippen molar-refractivity contribution in [3.8, 4) is 5.75 Å². The average Bonchev–Trinajstić information content (AvgIpc) is 2.46. The molecule has 1 aliphatic rings. The summed E-state index contributed by atoms with van der Waals surface area (Å²) in [4.78, 5) is 12.4. The number of carbonyl (C=O) groups is 1. The predicted molar refractivity (Wildman–Crippen MR) is 86.4 cm³/mol. The van der Waals surface area contributed by atoms with E-state index in [4.69, 9.17) is 27.9 Å². The summed E-state index contributed by atoms with van der Waals surface area (Å²) in [5, 5.41) is 8.12. The third kappa shape index (κ3) is 4.97. The fourth-order valence-electron chi connectivity index (χ4n) is 2.66. The molecule has 0 aromatic heterocycles. The number of ether oxygens (including phenoxy) is 1. The van der Waals surface area contributed by atoms with E-state index >= 15 is 0 Å². The number of hydrogen-bond donors (Lipinski definition) is 1. The number of hydrogen-bond acceptors (Lipinski definition) is 3. The molecule has 0 radical (unpaired) electrons. The first-order valence-corrected chi connectivity index (χ1v) is 8.76. The van der Waals surface area contributed by atoms with Gasteiger partial charge in [-0.2, -0.15) is 0 Å². The Balaban J connectivity index is 2.14. The number of para-hydroxylation sites is 1. The quantitative estimate of drug-likeness (QED) is 0.583. The second-order valence-corrected chi connectivity index (χ2v) is 7.30. The Morgan fingerprint density at radius 1 is 1.24 bits per heavy atom. The van der Waals surface area contributed by atoms with Crippen molar-refractivity contribution in [1.29, 1.82) is 0 Å². The van der Waals surface area contributed by atoms with Gasteiger partial charge in [-0.3, -0.25) is 4.79 Å². The maximum absolute atomic E-state index is 11.6. The molecule has 21 heavy (non-hydrogen) atoms. The molecule has 6 heteroatoms. The molecule has 1 atom stereocenters. The van der Waals surface area contributed by atoms with Gasteiger partial charge in [0.1, 0.15) is 11.0 Å². The number of alkyl halides is 2. The van der Waals surface area contributed by atoms with Crippen LogP contribution in [-0.4, -0.2) is 21.3 Å². The van der Waals surface area contributed by atoms with Gasteiger partial charge in [0.05, 0.1) is 4.90 Å². The Morgan fingerprint density at radius 3 is 2.52 bits per heavy atom. The third-order valence-electron chi connectivity index (χ3n) is 3.64. The van der Waals surface area contributed by atoms with Crippen molar-refractivity contribution in [2.75, 3.05) is 0 Å². The summed E-state index contributed by atoms with van der Waals surface area (Å²) < 4.78 is 5.33. The topological polar surface area (TPSA) is 46.5 Å². The molecule has 1 saturated carbocycles. The molecule has 0 bridgehead atoms. The lowest BCUT2D eigenvalue weighted by molar-refractivity contribution is -0.137. The van der Waals surface area contributed by atoms with Gasteiger partial charge < -0.3 is 9.84 Å². The Hall–Kier alpha value is -0.580. The first kappa shape index (κ1) is 16.8. The smallest absolute Gasteiger partial charge is 0.317 e. The molecule has 0 spiro atoms. The van der Waals surface area contributed by atoms with Crippen LogP contribution in [0.3, 0.4) is 0 Å². The Labute approximate surface area is 139 Å². The van der Waals surface area contributed by atoms with Gasteiger partial charge in [0.2, 0.25) is 5.02 Å². The van der Waals surface area contributed by atoms with Crippen molar-refractivity contribution in [2.45, 2.75) is 47.3 Å². The summed E-state index contributed by atoms with van der Waals surface area (Å²) in [5.74, 6) is -0.0355. The van der Waals surface area contributed by atoms with Crippen LogP contribution in [0.25, 0.3) is 0 Å². The molecular weight excluding hydrogens is 331 g/mol. The number of aliphatic carboxylic acids is 1. The van der Waals surface area contributed by atoms with Gasteiger partial charge in [0.15, 0.2) is 0 Å². The summed E-state index contributed by atoms with van der Waals surface area (Å²) in [5.41, 5.74) is 0. The molecule has 1 N–H and O–H groups in total. The molecule has 1 aliphatic carbocycles. The van der Waals surface area contributed by atoms with Gasteiger partial charge in [-0.1, -0.05) is 54.6 Å². The highest BCUT2D eigenvalue weighted by Gasteiger charge is 2.31. The number of carboxylic acids is 1. The fraction of sp³-hybridized carbons (Fsp3) is 0.533. The van der Waals surface area contributed by atoms with E-state index in [-0.39, 0.29) is 5.92 Å². The highest BCUT2D eigenvalue weighted by molar-refractivity contribution is 8.00. The first-order valence-electron chi connectivity index (χ1n) is 7.01. The largest absolute Gasteiger partial charge is 0.480 e. The van der Waals surface area contributed by atoms with Gasteiger partial charge in [0, 0.05) is 0 Å². The molecule has 0 aliphatic heterocycles. The summed E-state index contributed by atoms with van der Waals surface area (Å²) in [7, 11) is 0. The van der Waals surface area contributed by atoms with Gasteiger partial charge in [-0.05, 0) is 30.9 Å². The van der Waals surface area contributed by atoms with Gasteiger partial charge in [-0.15, -0.1) is 11.8 Å². The van der Waals surface area contributed by atoms with Crippen LogP contribution in [0.1, 0.15) is 32.1 Å². The SMILES string of the molecule is O=C(O)C(Sc1ccccc1OC(Cl)Cl)C1CCCCC1. The maximum Gasteiger partial charge on any atom is 0.317 e. The molecule has 1 fully saturated rings. The summed E-state index contributed by atoms with van der Waals surface area (Å²) in [6.07, 6.45) is 5.37. The van der Waals surface area contributed by atoms with Crippen LogP contribution < -0.4 is 4.74 Å². The summed E-state index contributed by atoms with van der Waals surface area (Å²) in [6, 6.07) is 7.26. The first-order chi connectivity index (χ1) is 10.1. The second-order valence-electron chi connectivity index (χ2n) is 5.10. The minimum Gasteiger partial charge on any atom is -0.480 e. The van der Waals surface area contributed by atoms with Crippen LogP contribution in [0.5, 0.6) is 5.75 Å². The van der Waals surface area contributed by atoms with Gasteiger partial charge in [0.25, 0.3) is 0 Å². The van der Waals surface area contributed by atoms with E-state index in [1.165, 1.54) is 18.2 Å². The maximum atomic E-state index is 11.6. The molecule has 2 rings (SSSR count). The molecule has 0 saturated heterocycles. The minimum absolute atomic E-state index is 0.206. The lowest BCUT2D eigenvalue weighted by atomic mass is 9.87. The molecule has 116 valence electrons. The molecule has 3 nitrogen and oxygen atoms in total. The zero-order valence-corrected chi connectivity index (χ0v) is 13.8. The van der Waals surface area contributed by atoms with Crippen molar-refractivity contribution < 1.29 is 14.6 Å². The van der Waals surface area contributed by atoms with E-state index in [0.717, 1.165) is 30.6 Å². The van der Waals surface area contributed by atoms with E-state index in [0.29, 0.717) is 5.75 Å². The number of carboxylic acid groups (broad SMARTS) is 1. The Bertz CT molecular complexity index is 476. The van der Waals surface area contributed by atoms with E-state index in [1.807, 2.05) is 18.2 Å². The fourth-order valence-corrected chi connectivity index (χ4v) is 4.08. The highest BCUT2D eigenvalue weighted by Crippen LogP contribution is 2.40. The molecular formula is C15H18Cl2O3S. The number of benzene rings is 1. The van der Waals surface area contributed by atoms with Crippen LogP contribution in [-0.2, 0) is 4.79 Å². The lowest BCUT2D eigenvalue weighted by Crippen LogP contribution is -2.28. The van der Waals surface area contributed by atoms with E-state index in [9.17, 15) is 9.90 Å². The van der Waals surface area contributed by atoms with E-state index in [1.54, 1.807) is 6.07 Å². The number of halogens is 2. The lowest BCUT2D eigenvalue weighted by Gasteiger charge is -2.27. The predicted octanol–water partition coefficient (Wildman–Crippen LogP) is 4.95. The van der Waals surface area contributed by atoms with Crippen molar-refractivity contribution in [3.63, 3.8) is 0 Å². The van der Waals surface area contributed by atoms with Gasteiger partial charge in [-0.25, -0.2) is 0 Å². The van der Waals surface area contributed by atoms with Crippen LogP contribution in [0.4, 0.5) is 0 Å². The van der Waals surface area contributed by atoms with Crippen molar-refractivity contribution in [1.82, 2.24) is 0 Å². The second kappa shape index (κ2) is 8.16.